The molecule has 1 rings (SSSR count). The van der Waals surface area contributed by atoms with E-state index < -0.39 is 5.97 Å². The Balaban J connectivity index is 2.31. The Morgan fingerprint density at radius 2 is 2.28 bits per heavy atom. The van der Waals surface area contributed by atoms with Crippen LogP contribution in [-0.2, 0) is 0 Å². The fraction of sp³-hybridized carbons (Fsp3) is 0.462. The zero-order valence-corrected chi connectivity index (χ0v) is 10.4. The van der Waals surface area contributed by atoms with Crippen LogP contribution in [0.1, 0.15) is 23.7 Å². The van der Waals surface area contributed by atoms with E-state index in [2.05, 4.69) is 5.32 Å². The third-order valence-corrected chi connectivity index (χ3v) is 2.51. The number of hydrogen-bond acceptors (Lipinski definition) is 4. The third kappa shape index (κ3) is 5.16. The zero-order chi connectivity index (χ0) is 13.4. The lowest BCUT2D eigenvalue weighted by Crippen LogP contribution is -2.30. The summed E-state index contributed by atoms with van der Waals surface area (Å²) in [6.07, 6.45) is 0.703. The predicted molar refractivity (Wildman–Crippen MR) is 68.1 cm³/mol. The molecule has 0 spiro atoms. The number of carbonyl (C=O) groups is 1. The van der Waals surface area contributed by atoms with Gasteiger partial charge in [0.15, 0.2) is 0 Å². The summed E-state index contributed by atoms with van der Waals surface area (Å²) in [4.78, 5) is 10.8. The Hall–Kier alpha value is -1.59. The van der Waals surface area contributed by atoms with Crippen molar-refractivity contribution in [2.24, 2.45) is 0 Å². The van der Waals surface area contributed by atoms with Crippen molar-refractivity contribution in [3.8, 4) is 5.75 Å². The molecule has 0 aromatic heterocycles. The van der Waals surface area contributed by atoms with Crippen LogP contribution in [0.15, 0.2) is 24.3 Å². The van der Waals surface area contributed by atoms with E-state index in [9.17, 15) is 4.79 Å². The molecule has 0 aliphatic rings. The summed E-state index contributed by atoms with van der Waals surface area (Å²) in [5.74, 6) is -0.415. The van der Waals surface area contributed by atoms with Gasteiger partial charge in [-0.1, -0.05) is 6.07 Å². The Morgan fingerprint density at radius 3 is 2.94 bits per heavy atom. The van der Waals surface area contributed by atoms with Gasteiger partial charge in [-0.3, -0.25) is 0 Å². The fourth-order valence-corrected chi connectivity index (χ4v) is 1.49. The standard InChI is InChI=1S/C13H19NO4/c1-10(5-7-15)14-6-8-18-12-4-2-3-11(9-12)13(16)17/h2-4,9-10,14-15H,5-8H2,1H3,(H,16,17). The summed E-state index contributed by atoms with van der Waals surface area (Å²) in [5, 5.41) is 20.7. The minimum atomic E-state index is -0.963. The predicted octanol–water partition coefficient (Wildman–Crippen LogP) is 1.12. The maximum Gasteiger partial charge on any atom is 0.335 e. The molecular weight excluding hydrogens is 234 g/mol. The van der Waals surface area contributed by atoms with Crippen LogP contribution in [-0.4, -0.2) is 42.0 Å². The van der Waals surface area contributed by atoms with Gasteiger partial charge in [0.25, 0.3) is 0 Å². The lowest BCUT2D eigenvalue weighted by Gasteiger charge is -2.12. The highest BCUT2D eigenvalue weighted by Crippen LogP contribution is 2.12. The van der Waals surface area contributed by atoms with Crippen LogP contribution in [0.4, 0.5) is 0 Å². The van der Waals surface area contributed by atoms with Gasteiger partial charge in [0.1, 0.15) is 12.4 Å². The Labute approximate surface area is 106 Å². The highest BCUT2D eigenvalue weighted by Gasteiger charge is 2.04. The number of aromatic carboxylic acids is 1. The maximum absolute atomic E-state index is 10.8. The second kappa shape index (κ2) is 7.68. The number of nitrogens with one attached hydrogen (secondary N) is 1. The molecule has 0 aliphatic carbocycles. The van der Waals surface area contributed by atoms with Crippen molar-refractivity contribution >= 4 is 5.97 Å². The van der Waals surface area contributed by atoms with Crippen molar-refractivity contribution in [1.29, 1.82) is 0 Å². The van der Waals surface area contributed by atoms with Crippen LogP contribution in [0.25, 0.3) is 0 Å². The van der Waals surface area contributed by atoms with Gasteiger partial charge in [-0.05, 0) is 31.5 Å². The number of ether oxygens (including phenoxy) is 1. The largest absolute Gasteiger partial charge is 0.492 e. The lowest BCUT2D eigenvalue weighted by atomic mass is 10.2. The van der Waals surface area contributed by atoms with Gasteiger partial charge in [0, 0.05) is 19.2 Å². The molecule has 3 N–H and O–H groups in total. The van der Waals surface area contributed by atoms with Crippen molar-refractivity contribution < 1.29 is 19.7 Å². The quantitative estimate of drug-likeness (QED) is 0.605. The number of carboxylic acid groups (broad SMARTS) is 1. The van der Waals surface area contributed by atoms with E-state index in [1.54, 1.807) is 12.1 Å². The van der Waals surface area contributed by atoms with Gasteiger partial charge in [0.05, 0.1) is 5.56 Å². The summed E-state index contributed by atoms with van der Waals surface area (Å²) in [6, 6.07) is 6.64. The number of aliphatic hydroxyl groups excluding tert-OH is 1. The number of rotatable bonds is 8. The lowest BCUT2D eigenvalue weighted by molar-refractivity contribution is 0.0696. The molecule has 5 nitrogen and oxygen atoms in total. The molecule has 100 valence electrons. The summed E-state index contributed by atoms with van der Waals surface area (Å²) in [7, 11) is 0. The van der Waals surface area contributed by atoms with Crippen LogP contribution in [0.5, 0.6) is 5.75 Å². The van der Waals surface area contributed by atoms with Gasteiger partial charge in [-0.2, -0.15) is 0 Å². The fourth-order valence-electron chi connectivity index (χ4n) is 1.49. The molecule has 0 saturated heterocycles. The van der Waals surface area contributed by atoms with E-state index >= 15 is 0 Å². The number of hydrogen-bond donors (Lipinski definition) is 3. The molecule has 0 saturated carbocycles. The molecule has 1 unspecified atom stereocenters. The summed E-state index contributed by atoms with van der Waals surface area (Å²) >= 11 is 0. The summed E-state index contributed by atoms with van der Waals surface area (Å²) < 4.78 is 5.44. The van der Waals surface area contributed by atoms with E-state index in [0.29, 0.717) is 25.3 Å². The molecule has 1 atom stereocenters. The first kappa shape index (κ1) is 14.5. The van der Waals surface area contributed by atoms with Crippen molar-refractivity contribution in [2.75, 3.05) is 19.8 Å². The highest BCUT2D eigenvalue weighted by molar-refractivity contribution is 5.87. The van der Waals surface area contributed by atoms with E-state index in [1.807, 2.05) is 6.92 Å². The van der Waals surface area contributed by atoms with Crippen LogP contribution < -0.4 is 10.1 Å². The third-order valence-electron chi connectivity index (χ3n) is 2.51. The van der Waals surface area contributed by atoms with E-state index in [-0.39, 0.29) is 18.2 Å². The molecule has 0 bridgehead atoms. The molecule has 1 aromatic carbocycles. The Kier molecular flexibility index (Phi) is 6.18. The first-order valence-electron chi connectivity index (χ1n) is 5.94. The van der Waals surface area contributed by atoms with Crippen molar-refractivity contribution in [3.05, 3.63) is 29.8 Å². The molecular formula is C13H19NO4. The average molecular weight is 253 g/mol. The molecule has 0 fully saturated rings. The highest BCUT2D eigenvalue weighted by atomic mass is 16.5. The molecule has 0 radical (unpaired) electrons. The molecule has 5 heteroatoms. The van der Waals surface area contributed by atoms with Crippen LogP contribution >= 0.6 is 0 Å². The Morgan fingerprint density at radius 1 is 1.50 bits per heavy atom. The molecule has 18 heavy (non-hydrogen) atoms. The minimum Gasteiger partial charge on any atom is -0.492 e. The van der Waals surface area contributed by atoms with Crippen molar-refractivity contribution in [3.63, 3.8) is 0 Å². The zero-order valence-electron chi connectivity index (χ0n) is 10.4. The minimum absolute atomic E-state index is 0.162. The van der Waals surface area contributed by atoms with Crippen molar-refractivity contribution in [2.45, 2.75) is 19.4 Å². The number of carboxylic acids is 1. The van der Waals surface area contributed by atoms with Gasteiger partial charge >= 0.3 is 5.97 Å². The summed E-state index contributed by atoms with van der Waals surface area (Å²) in [6.45, 7) is 3.26. The number of benzene rings is 1. The van der Waals surface area contributed by atoms with Crippen LogP contribution in [0.2, 0.25) is 0 Å². The van der Waals surface area contributed by atoms with E-state index in [4.69, 9.17) is 14.9 Å². The van der Waals surface area contributed by atoms with Crippen LogP contribution in [0, 0.1) is 0 Å². The van der Waals surface area contributed by atoms with E-state index in [1.165, 1.54) is 12.1 Å². The monoisotopic (exact) mass is 253 g/mol. The molecule has 1 aromatic rings. The summed E-state index contributed by atoms with van der Waals surface area (Å²) in [5.41, 5.74) is 0.217. The van der Waals surface area contributed by atoms with Crippen molar-refractivity contribution in [1.82, 2.24) is 5.32 Å². The molecule has 0 aliphatic heterocycles. The smallest absolute Gasteiger partial charge is 0.335 e. The van der Waals surface area contributed by atoms with Crippen LogP contribution in [0.3, 0.4) is 0 Å². The van der Waals surface area contributed by atoms with Gasteiger partial charge in [-0.25, -0.2) is 4.79 Å². The number of aliphatic hydroxyl groups is 1. The second-order valence-corrected chi connectivity index (χ2v) is 4.05. The van der Waals surface area contributed by atoms with Gasteiger partial charge in [-0.15, -0.1) is 0 Å². The SMILES string of the molecule is CC(CCO)NCCOc1cccc(C(=O)O)c1. The first-order chi connectivity index (χ1) is 8.63. The Bertz CT molecular complexity index is 381. The average Bonchev–Trinajstić information content (AvgIpc) is 2.35. The first-order valence-corrected chi connectivity index (χ1v) is 5.94. The topological polar surface area (TPSA) is 78.8 Å². The molecule has 0 amide bonds. The normalized spacial score (nSPS) is 12.1. The van der Waals surface area contributed by atoms with Gasteiger partial charge < -0.3 is 20.3 Å². The molecule has 0 heterocycles. The van der Waals surface area contributed by atoms with Gasteiger partial charge in [0.2, 0.25) is 0 Å². The second-order valence-electron chi connectivity index (χ2n) is 4.05. The maximum atomic E-state index is 10.8. The van der Waals surface area contributed by atoms with E-state index in [0.717, 1.165) is 0 Å².